The first-order valence-electron chi connectivity index (χ1n) is 10.6. The van der Waals surface area contributed by atoms with E-state index >= 15 is 0 Å². The minimum Gasteiger partial charge on any atom is -0.451 e. The molecule has 3 amide bonds. The number of hydroxylamine groups is 2. The van der Waals surface area contributed by atoms with Crippen LogP contribution in [-0.2, 0) is 14.2 Å². The first-order valence-corrected chi connectivity index (χ1v) is 12.7. The van der Waals surface area contributed by atoms with Gasteiger partial charge in [-0.1, -0.05) is 38.3 Å². The normalized spacial score (nSPS) is 13.6. The summed E-state index contributed by atoms with van der Waals surface area (Å²) in [4.78, 5) is 45.2. The van der Waals surface area contributed by atoms with Gasteiger partial charge in [0, 0.05) is 17.5 Å². The summed E-state index contributed by atoms with van der Waals surface area (Å²) in [5.74, 6) is -1.19. The van der Waals surface area contributed by atoms with Crippen LogP contribution in [-0.4, -0.2) is 53.3 Å². The fourth-order valence-corrected chi connectivity index (χ4v) is 3.93. The molecule has 10 nitrogen and oxygen atoms in total. The van der Waals surface area contributed by atoms with Crippen molar-refractivity contribution in [2.24, 2.45) is 5.92 Å². The molecule has 1 aromatic carbocycles. The summed E-state index contributed by atoms with van der Waals surface area (Å²) >= 11 is 0. The molecule has 0 aliphatic carbocycles. The highest BCUT2D eigenvalue weighted by Gasteiger charge is 2.21. The molecule has 0 bridgehead atoms. The zero-order valence-corrected chi connectivity index (χ0v) is 19.6. The molecule has 0 aliphatic heterocycles. The molecule has 1 unspecified atom stereocenters. The lowest BCUT2D eigenvalue weighted by Crippen LogP contribution is -2.42. The van der Waals surface area contributed by atoms with Crippen molar-refractivity contribution in [1.82, 2.24) is 15.7 Å². The summed E-state index contributed by atoms with van der Waals surface area (Å²) in [5.41, 5.74) is 0.551. The zero-order valence-electron chi connectivity index (χ0n) is 18.7. The smallest absolute Gasteiger partial charge is 0.288 e. The van der Waals surface area contributed by atoms with Crippen LogP contribution in [0.2, 0.25) is 0 Å². The van der Waals surface area contributed by atoms with Crippen molar-refractivity contribution in [2.45, 2.75) is 32.6 Å². The number of nitrogens with one attached hydrogen (secondary N) is 2. The van der Waals surface area contributed by atoms with Gasteiger partial charge in [-0.3, -0.25) is 24.2 Å². The molecule has 2 rings (SSSR count). The van der Waals surface area contributed by atoms with Gasteiger partial charge in [0.25, 0.3) is 5.91 Å². The number of amides is 3. The van der Waals surface area contributed by atoms with Crippen molar-refractivity contribution in [2.75, 3.05) is 19.9 Å². The molecular formula is C22H30N3O7P. The van der Waals surface area contributed by atoms with Crippen molar-refractivity contribution in [3.05, 3.63) is 42.2 Å². The lowest BCUT2D eigenvalue weighted by molar-refractivity contribution is -0.154. The van der Waals surface area contributed by atoms with E-state index < -0.39 is 25.1 Å². The standard InChI is InChI=1S/C22H30N3O7P/c1-3-4-5-7-17(13-25(29)15-26)21(27)23-14-24-22(28)20-11-10-19(32-20)16-8-6-9-18(12-16)33(2,30)31/h6,8-12,15,17,29H,3-5,7,13-14H2,1-2H3,(H,23,27)(H,24,28)(H,30,31)/t17-/m1/s1. The van der Waals surface area contributed by atoms with Crippen molar-refractivity contribution in [3.63, 3.8) is 0 Å². The molecule has 1 aromatic heterocycles. The molecule has 4 N–H and O–H groups in total. The van der Waals surface area contributed by atoms with E-state index in [4.69, 9.17) is 4.42 Å². The third-order valence-electron chi connectivity index (χ3n) is 5.01. The molecule has 180 valence electrons. The second-order valence-electron chi connectivity index (χ2n) is 7.74. The van der Waals surface area contributed by atoms with Crippen LogP contribution in [0, 0.1) is 5.92 Å². The van der Waals surface area contributed by atoms with Gasteiger partial charge >= 0.3 is 0 Å². The molecular weight excluding hydrogens is 449 g/mol. The van der Waals surface area contributed by atoms with Crippen molar-refractivity contribution >= 4 is 30.9 Å². The van der Waals surface area contributed by atoms with Gasteiger partial charge < -0.3 is 19.9 Å². The minimum atomic E-state index is -3.43. The summed E-state index contributed by atoms with van der Waals surface area (Å²) in [5, 5.41) is 15.2. The molecule has 11 heteroatoms. The molecule has 0 saturated heterocycles. The Morgan fingerprint density at radius 2 is 1.97 bits per heavy atom. The molecule has 0 fully saturated rings. The number of benzene rings is 1. The molecule has 0 saturated carbocycles. The van der Waals surface area contributed by atoms with Gasteiger partial charge in [-0.15, -0.1) is 0 Å². The Bertz CT molecular complexity index is 1000. The lowest BCUT2D eigenvalue weighted by Gasteiger charge is -2.19. The summed E-state index contributed by atoms with van der Waals surface area (Å²) < 4.78 is 17.4. The Morgan fingerprint density at radius 1 is 1.21 bits per heavy atom. The van der Waals surface area contributed by atoms with Crippen LogP contribution >= 0.6 is 7.37 Å². The first kappa shape index (κ1) is 26.3. The number of rotatable bonds is 13. The van der Waals surface area contributed by atoms with Gasteiger partial charge in [0.1, 0.15) is 5.76 Å². The van der Waals surface area contributed by atoms with Crippen LogP contribution in [0.5, 0.6) is 0 Å². The van der Waals surface area contributed by atoms with Crippen molar-refractivity contribution in [3.8, 4) is 11.3 Å². The average Bonchev–Trinajstić information content (AvgIpc) is 3.28. The molecule has 33 heavy (non-hydrogen) atoms. The van der Waals surface area contributed by atoms with E-state index in [2.05, 4.69) is 10.6 Å². The lowest BCUT2D eigenvalue weighted by atomic mass is 10.0. The third-order valence-corrected chi connectivity index (χ3v) is 6.24. The van der Waals surface area contributed by atoms with Crippen LogP contribution in [0.1, 0.15) is 43.2 Å². The third kappa shape index (κ3) is 8.16. The summed E-state index contributed by atoms with van der Waals surface area (Å²) in [6.07, 6.45) is 3.40. The quantitative estimate of drug-likeness (QED) is 0.0860. The SMILES string of the molecule is CCCCC[C@H](CN(O)C=O)C(=O)NCNC(=O)c1ccc(-c2cccc(P(C)(=O)O)c2)o1. The van der Waals surface area contributed by atoms with Crippen LogP contribution in [0.3, 0.4) is 0 Å². The molecule has 0 spiro atoms. The summed E-state index contributed by atoms with van der Waals surface area (Å²) in [6.45, 7) is 2.97. The molecule has 0 radical (unpaired) electrons. The Morgan fingerprint density at radius 3 is 2.64 bits per heavy atom. The van der Waals surface area contributed by atoms with Crippen LogP contribution in [0.4, 0.5) is 0 Å². The number of carbonyl (C=O) groups excluding carboxylic acids is 3. The Kier molecular flexibility index (Phi) is 9.84. The summed E-state index contributed by atoms with van der Waals surface area (Å²) in [7, 11) is -3.43. The van der Waals surface area contributed by atoms with E-state index in [9.17, 15) is 29.0 Å². The highest BCUT2D eigenvalue weighted by molar-refractivity contribution is 7.65. The van der Waals surface area contributed by atoms with Gasteiger partial charge in [0.15, 0.2) is 5.76 Å². The second kappa shape index (κ2) is 12.3. The van der Waals surface area contributed by atoms with Crippen LogP contribution < -0.4 is 15.9 Å². The minimum absolute atomic E-state index is 0.00955. The van der Waals surface area contributed by atoms with Crippen LogP contribution in [0.15, 0.2) is 40.8 Å². The highest BCUT2D eigenvalue weighted by atomic mass is 31.2. The van der Waals surface area contributed by atoms with Gasteiger partial charge in [-0.2, -0.15) is 0 Å². The molecule has 1 heterocycles. The number of furan rings is 1. The zero-order chi connectivity index (χ0) is 24.4. The maximum atomic E-state index is 12.4. The molecule has 2 aromatic rings. The number of nitrogens with zero attached hydrogens (tertiary/aromatic N) is 1. The van der Waals surface area contributed by atoms with Crippen molar-refractivity contribution < 1.29 is 33.5 Å². The van der Waals surface area contributed by atoms with Gasteiger partial charge in [-0.25, -0.2) is 5.06 Å². The first-order chi connectivity index (χ1) is 15.7. The number of hydrogen-bond acceptors (Lipinski definition) is 6. The number of carbonyl (C=O) groups is 3. The molecule has 0 aliphatic rings. The maximum absolute atomic E-state index is 12.4. The fraction of sp³-hybridized carbons (Fsp3) is 0.409. The fourth-order valence-electron chi connectivity index (χ4n) is 3.19. The van der Waals surface area contributed by atoms with Gasteiger partial charge in [0.05, 0.1) is 19.1 Å². The molecule has 2 atom stereocenters. The van der Waals surface area contributed by atoms with Gasteiger partial charge in [-0.05, 0) is 30.7 Å². The summed E-state index contributed by atoms with van der Waals surface area (Å²) in [6, 6.07) is 9.44. The number of unbranched alkanes of at least 4 members (excludes halogenated alkanes) is 2. The predicted molar refractivity (Wildman–Crippen MR) is 122 cm³/mol. The monoisotopic (exact) mass is 479 g/mol. The Labute approximate surface area is 192 Å². The Hall–Kier alpha value is -2.94. The van der Waals surface area contributed by atoms with E-state index in [1.807, 2.05) is 6.92 Å². The van der Waals surface area contributed by atoms with Crippen molar-refractivity contribution in [1.29, 1.82) is 0 Å². The highest BCUT2D eigenvalue weighted by Crippen LogP contribution is 2.35. The second-order valence-corrected chi connectivity index (χ2v) is 10.0. The van der Waals surface area contributed by atoms with Crippen LogP contribution in [0.25, 0.3) is 11.3 Å². The predicted octanol–water partition coefficient (Wildman–Crippen LogP) is 2.32. The van der Waals surface area contributed by atoms with E-state index in [1.165, 1.54) is 18.8 Å². The van der Waals surface area contributed by atoms with Gasteiger partial charge in [0.2, 0.25) is 19.7 Å². The van der Waals surface area contributed by atoms with E-state index in [1.54, 1.807) is 24.3 Å². The van der Waals surface area contributed by atoms with E-state index in [0.29, 0.717) is 22.8 Å². The Balaban J connectivity index is 1.94. The maximum Gasteiger partial charge on any atom is 0.288 e. The van der Waals surface area contributed by atoms with E-state index in [-0.39, 0.29) is 30.7 Å². The van der Waals surface area contributed by atoms with E-state index in [0.717, 1.165) is 19.3 Å². The topological polar surface area (TPSA) is 149 Å². The average molecular weight is 479 g/mol. The number of hydrogen-bond donors (Lipinski definition) is 4. The largest absolute Gasteiger partial charge is 0.451 e.